The normalized spacial score (nSPS) is 10.9. The SMILES string of the molecule is CCN(CC)c1ccc2ccc(=O)oc2c1.Cc1ccc2cc1-2. The number of nitrogens with zero attached hydrogens (tertiary/aromatic N) is 1. The van der Waals surface area contributed by atoms with Gasteiger partial charge in [0.1, 0.15) is 5.58 Å². The lowest BCUT2D eigenvalue weighted by atomic mass is 10.2. The summed E-state index contributed by atoms with van der Waals surface area (Å²) < 4.78 is 5.16. The zero-order valence-corrected chi connectivity index (χ0v) is 13.8. The number of benzene rings is 2. The van der Waals surface area contributed by atoms with Crippen LogP contribution < -0.4 is 10.5 Å². The van der Waals surface area contributed by atoms with Crippen LogP contribution in [0.3, 0.4) is 0 Å². The molecule has 2 aromatic rings. The van der Waals surface area contributed by atoms with Gasteiger partial charge in [0.2, 0.25) is 0 Å². The van der Waals surface area contributed by atoms with Gasteiger partial charge in [0, 0.05) is 36.3 Å². The Morgan fingerprint density at radius 1 is 0.957 bits per heavy atom. The van der Waals surface area contributed by atoms with Crippen LogP contribution in [-0.4, -0.2) is 13.1 Å². The van der Waals surface area contributed by atoms with Crippen LogP contribution >= 0.6 is 0 Å². The molecule has 0 atom stereocenters. The maximum Gasteiger partial charge on any atom is 0.336 e. The molecule has 118 valence electrons. The monoisotopic (exact) mass is 307 g/mol. The van der Waals surface area contributed by atoms with Crippen molar-refractivity contribution in [1.82, 2.24) is 0 Å². The number of anilines is 1. The highest BCUT2D eigenvalue weighted by molar-refractivity contribution is 5.84. The molecule has 1 heterocycles. The summed E-state index contributed by atoms with van der Waals surface area (Å²) in [7, 11) is 0. The summed E-state index contributed by atoms with van der Waals surface area (Å²) in [5, 5.41) is 0.954. The first-order chi connectivity index (χ1) is 11.1. The van der Waals surface area contributed by atoms with E-state index in [4.69, 9.17) is 4.42 Å². The molecule has 2 aliphatic carbocycles. The summed E-state index contributed by atoms with van der Waals surface area (Å²) in [4.78, 5) is 13.3. The molecule has 0 spiro atoms. The average Bonchev–Trinajstić information content (AvgIpc) is 3.26. The highest BCUT2D eigenvalue weighted by Gasteiger charge is 2.12. The predicted octanol–water partition coefficient (Wildman–Crippen LogP) is 4.61. The van der Waals surface area contributed by atoms with Crippen molar-refractivity contribution in [2.24, 2.45) is 0 Å². The first kappa shape index (κ1) is 15.3. The smallest absolute Gasteiger partial charge is 0.336 e. The lowest BCUT2D eigenvalue weighted by Gasteiger charge is -2.20. The van der Waals surface area contributed by atoms with Crippen LogP contribution in [0.2, 0.25) is 0 Å². The van der Waals surface area contributed by atoms with Gasteiger partial charge in [0.15, 0.2) is 0 Å². The lowest BCUT2D eigenvalue weighted by Crippen LogP contribution is -2.21. The van der Waals surface area contributed by atoms with Gasteiger partial charge in [-0.1, -0.05) is 12.1 Å². The highest BCUT2D eigenvalue weighted by Crippen LogP contribution is 2.37. The predicted molar refractivity (Wildman–Crippen MR) is 96.2 cm³/mol. The van der Waals surface area contributed by atoms with E-state index in [1.165, 1.54) is 22.8 Å². The molecule has 0 aliphatic heterocycles. The summed E-state index contributed by atoms with van der Waals surface area (Å²) in [5.41, 5.74) is 5.78. The molecule has 0 N–H and O–H groups in total. The van der Waals surface area contributed by atoms with Crippen molar-refractivity contribution in [1.29, 1.82) is 0 Å². The van der Waals surface area contributed by atoms with Crippen molar-refractivity contribution in [3.63, 3.8) is 0 Å². The van der Waals surface area contributed by atoms with Gasteiger partial charge in [-0.15, -0.1) is 0 Å². The quantitative estimate of drug-likeness (QED) is 0.518. The van der Waals surface area contributed by atoms with Crippen LogP contribution in [0.5, 0.6) is 0 Å². The third kappa shape index (κ3) is 3.29. The standard InChI is InChI=1S/C13H15NO2.C7H6/c1-3-14(4-2)11-7-5-10-6-8-13(15)16-12(10)9-11;1-5-2-3-6-4-7(5)6/h5-9H,3-4H2,1-2H3;2-4H,1H3. The van der Waals surface area contributed by atoms with Crippen molar-refractivity contribution in [3.8, 4) is 11.1 Å². The molecule has 0 saturated heterocycles. The van der Waals surface area contributed by atoms with E-state index in [1.807, 2.05) is 12.1 Å². The molecule has 0 bridgehead atoms. The van der Waals surface area contributed by atoms with Crippen molar-refractivity contribution < 1.29 is 4.42 Å². The van der Waals surface area contributed by atoms with Crippen molar-refractivity contribution in [2.45, 2.75) is 20.8 Å². The Labute approximate surface area is 136 Å². The minimum atomic E-state index is -0.302. The molecular formula is C20H21NO2. The van der Waals surface area contributed by atoms with E-state index in [-0.39, 0.29) is 5.63 Å². The molecule has 1 aromatic carbocycles. The second kappa shape index (κ2) is 6.29. The Morgan fingerprint density at radius 2 is 1.70 bits per heavy atom. The molecule has 0 saturated carbocycles. The molecule has 0 unspecified atom stereocenters. The molecular weight excluding hydrogens is 286 g/mol. The minimum absolute atomic E-state index is 0.302. The van der Waals surface area contributed by atoms with Gasteiger partial charge >= 0.3 is 5.63 Å². The lowest BCUT2D eigenvalue weighted by molar-refractivity contribution is 0.561. The molecule has 0 amide bonds. The van der Waals surface area contributed by atoms with Crippen LogP contribution in [0.4, 0.5) is 5.69 Å². The number of fused-ring (bicyclic) bond motifs is 2. The van der Waals surface area contributed by atoms with Gasteiger partial charge in [0.25, 0.3) is 0 Å². The molecule has 0 radical (unpaired) electrons. The largest absolute Gasteiger partial charge is 0.423 e. The maximum absolute atomic E-state index is 11.1. The Bertz CT molecular complexity index is 892. The molecule has 1 aromatic heterocycles. The van der Waals surface area contributed by atoms with Crippen LogP contribution in [0.25, 0.3) is 22.1 Å². The minimum Gasteiger partial charge on any atom is -0.423 e. The third-order valence-electron chi connectivity index (χ3n) is 4.20. The van der Waals surface area contributed by atoms with Crippen LogP contribution in [0.15, 0.2) is 57.7 Å². The second-order valence-corrected chi connectivity index (χ2v) is 5.68. The first-order valence-corrected chi connectivity index (χ1v) is 8.02. The van der Waals surface area contributed by atoms with Gasteiger partial charge in [-0.05, 0) is 61.7 Å². The Hall–Kier alpha value is -2.55. The fraction of sp³-hybridized carbons (Fsp3) is 0.250. The van der Waals surface area contributed by atoms with Gasteiger partial charge in [-0.25, -0.2) is 4.79 Å². The van der Waals surface area contributed by atoms with Crippen LogP contribution in [0, 0.1) is 6.92 Å². The zero-order valence-electron chi connectivity index (χ0n) is 13.8. The number of hydrogen-bond acceptors (Lipinski definition) is 3. The third-order valence-corrected chi connectivity index (χ3v) is 4.20. The van der Waals surface area contributed by atoms with Crippen molar-refractivity contribution in [2.75, 3.05) is 18.0 Å². The van der Waals surface area contributed by atoms with Crippen LogP contribution in [0.1, 0.15) is 19.4 Å². The summed E-state index contributed by atoms with van der Waals surface area (Å²) in [5.74, 6) is 0. The van der Waals surface area contributed by atoms with Crippen LogP contribution in [-0.2, 0) is 0 Å². The summed E-state index contributed by atoms with van der Waals surface area (Å²) in [6, 6.07) is 15.7. The molecule has 4 rings (SSSR count). The topological polar surface area (TPSA) is 33.5 Å². The summed E-state index contributed by atoms with van der Waals surface area (Å²) >= 11 is 0. The van der Waals surface area contributed by atoms with Gasteiger partial charge in [-0.2, -0.15) is 0 Å². The highest BCUT2D eigenvalue weighted by atomic mass is 16.4. The van der Waals surface area contributed by atoms with E-state index >= 15 is 0 Å². The Balaban J connectivity index is 0.000000183. The number of hydrogen-bond donors (Lipinski definition) is 0. The van der Waals surface area contributed by atoms with Gasteiger partial charge < -0.3 is 9.32 Å². The fourth-order valence-corrected chi connectivity index (χ4v) is 2.74. The second-order valence-electron chi connectivity index (χ2n) is 5.68. The molecule has 3 nitrogen and oxygen atoms in total. The number of rotatable bonds is 3. The Kier molecular flexibility index (Phi) is 4.20. The molecule has 0 fully saturated rings. The van der Waals surface area contributed by atoms with E-state index in [1.54, 1.807) is 6.07 Å². The summed E-state index contributed by atoms with van der Waals surface area (Å²) in [6.45, 7) is 8.24. The van der Waals surface area contributed by atoms with Crippen molar-refractivity contribution in [3.05, 3.63) is 64.5 Å². The first-order valence-electron chi connectivity index (χ1n) is 8.02. The maximum atomic E-state index is 11.1. The van der Waals surface area contributed by atoms with Gasteiger partial charge in [-0.3, -0.25) is 0 Å². The number of aryl methyl sites for hydroxylation is 1. The molecule has 3 heteroatoms. The van der Waals surface area contributed by atoms with E-state index in [9.17, 15) is 4.79 Å². The Morgan fingerprint density at radius 3 is 2.22 bits per heavy atom. The molecule has 2 aliphatic rings. The summed E-state index contributed by atoms with van der Waals surface area (Å²) in [6.07, 6.45) is 0. The van der Waals surface area contributed by atoms with Crippen molar-refractivity contribution >= 4 is 16.7 Å². The van der Waals surface area contributed by atoms with E-state index in [0.29, 0.717) is 5.58 Å². The fourth-order valence-electron chi connectivity index (χ4n) is 2.74. The van der Waals surface area contributed by atoms with E-state index < -0.39 is 0 Å². The van der Waals surface area contributed by atoms with Gasteiger partial charge in [0.05, 0.1) is 0 Å². The molecule has 23 heavy (non-hydrogen) atoms. The average molecular weight is 307 g/mol. The van der Waals surface area contributed by atoms with E-state index in [2.05, 4.69) is 49.9 Å². The van der Waals surface area contributed by atoms with E-state index in [0.717, 1.165) is 24.2 Å². The zero-order chi connectivity index (χ0) is 16.4.